The van der Waals surface area contributed by atoms with Crippen LogP contribution in [0, 0.1) is 5.92 Å². The predicted molar refractivity (Wildman–Crippen MR) is 166 cm³/mol. The van der Waals surface area contributed by atoms with Gasteiger partial charge in [0.25, 0.3) is 0 Å². The van der Waals surface area contributed by atoms with Crippen molar-refractivity contribution in [1.82, 2.24) is 4.90 Å². The molecule has 1 aliphatic carbocycles. The molecule has 0 saturated heterocycles. The van der Waals surface area contributed by atoms with Crippen LogP contribution in [0.3, 0.4) is 0 Å². The van der Waals surface area contributed by atoms with E-state index in [4.69, 9.17) is 27.8 Å². The molecule has 0 heterocycles. The molecule has 4 rings (SSSR count). The number of amides is 1. The van der Waals surface area contributed by atoms with Crippen molar-refractivity contribution in [2.45, 2.75) is 56.9 Å². The summed E-state index contributed by atoms with van der Waals surface area (Å²) in [5.74, 6) is 1.12. The average Bonchev–Trinajstić information content (AvgIpc) is 2.97. The maximum Gasteiger partial charge on any atom is 0.415 e. The molecule has 3 aromatic carbocycles. The zero-order valence-corrected chi connectivity index (χ0v) is 24.8. The van der Waals surface area contributed by atoms with Crippen molar-refractivity contribution in [3.05, 3.63) is 83.9 Å². The summed E-state index contributed by atoms with van der Waals surface area (Å²) in [6.07, 6.45) is 5.89. The van der Waals surface area contributed by atoms with E-state index >= 15 is 0 Å². The molecule has 0 aliphatic heterocycles. The van der Waals surface area contributed by atoms with Crippen LogP contribution in [0.1, 0.15) is 56.6 Å². The van der Waals surface area contributed by atoms with Crippen LogP contribution in [0.4, 0.5) is 4.79 Å². The molecule has 1 amide bonds. The third-order valence-corrected chi connectivity index (χ3v) is 8.52. The highest BCUT2D eigenvalue weighted by Crippen LogP contribution is 2.29. The summed E-state index contributed by atoms with van der Waals surface area (Å²) in [4.78, 5) is 20.1. The number of hydrogen-bond donors (Lipinski definition) is 2. The van der Waals surface area contributed by atoms with Crippen molar-refractivity contribution in [2.24, 2.45) is 21.8 Å². The van der Waals surface area contributed by atoms with Crippen LogP contribution in [-0.2, 0) is 16.6 Å². The molecule has 0 atom stereocenters. The third kappa shape index (κ3) is 8.45. The Hall–Kier alpha value is -3.60. The lowest BCUT2D eigenvalue weighted by Crippen LogP contribution is -2.37. The highest BCUT2D eigenvalue weighted by atomic mass is 32.2. The number of carbonyl (C=O) groups is 1. The quantitative estimate of drug-likeness (QED) is 0.178. The van der Waals surface area contributed by atoms with Crippen molar-refractivity contribution in [3.63, 3.8) is 0 Å². The number of benzene rings is 3. The Bertz CT molecular complexity index is 1520. The zero-order chi connectivity index (χ0) is 29.4. The van der Waals surface area contributed by atoms with Gasteiger partial charge in [-0.1, -0.05) is 86.9 Å². The second-order valence-electron chi connectivity index (χ2n) is 10.3. The van der Waals surface area contributed by atoms with Crippen molar-refractivity contribution in [1.29, 1.82) is 0 Å². The Labute approximate surface area is 247 Å². The number of primary sulfonamides is 1. The molecule has 1 fully saturated rings. The molecule has 1 saturated carbocycles. The summed E-state index contributed by atoms with van der Waals surface area (Å²) < 4.78 is 29.9. The van der Waals surface area contributed by atoms with E-state index < -0.39 is 16.1 Å². The third-order valence-electron chi connectivity index (χ3n) is 7.17. The molecule has 0 bridgehead atoms. The second-order valence-corrected chi connectivity index (χ2v) is 12.3. The number of sulfonamides is 1. The normalized spacial score (nSPS) is 14.4. The summed E-state index contributed by atoms with van der Waals surface area (Å²) in [6.45, 7) is 2.88. The fourth-order valence-corrected chi connectivity index (χ4v) is 5.89. The van der Waals surface area contributed by atoms with Gasteiger partial charge in [-0.25, -0.2) is 23.3 Å². The number of carbonyl (C=O) groups excluding carboxylic acids is 1. The first-order chi connectivity index (χ1) is 19.6. The summed E-state index contributed by atoms with van der Waals surface area (Å²) in [5.41, 5.74) is 8.97. The zero-order valence-electron chi connectivity index (χ0n) is 23.2. The molecule has 0 unspecified atom stereocenters. The van der Waals surface area contributed by atoms with Gasteiger partial charge in [0.1, 0.15) is 16.6 Å². The first-order valence-corrected chi connectivity index (χ1v) is 15.7. The fraction of sp³-hybridized carbons (Fsp3) is 0.323. The molecule has 0 aromatic heterocycles. The molecule has 0 radical (unpaired) electrons. The molecule has 10 heteroatoms. The Morgan fingerprint density at radius 2 is 1.73 bits per heavy atom. The predicted octanol–water partition coefficient (Wildman–Crippen LogP) is 6.03. The van der Waals surface area contributed by atoms with Gasteiger partial charge in [0.2, 0.25) is 10.0 Å². The van der Waals surface area contributed by atoms with Crippen molar-refractivity contribution < 1.29 is 17.9 Å². The van der Waals surface area contributed by atoms with Gasteiger partial charge in [-0.3, -0.25) is 0 Å². The lowest BCUT2D eigenvalue weighted by atomic mass is 9.89. The number of hydrogen-bond acceptors (Lipinski definition) is 5. The Morgan fingerprint density at radius 3 is 2.41 bits per heavy atom. The summed E-state index contributed by atoms with van der Waals surface area (Å²) in [7, 11) is -3.90. The van der Waals surface area contributed by atoms with Gasteiger partial charge in [0.15, 0.2) is 0 Å². The molecule has 216 valence electrons. The van der Waals surface area contributed by atoms with Crippen molar-refractivity contribution >= 4 is 39.2 Å². The Balaban J connectivity index is 1.53. The van der Waals surface area contributed by atoms with E-state index in [1.165, 1.54) is 12.5 Å². The van der Waals surface area contributed by atoms with Crippen LogP contribution in [0.2, 0.25) is 0 Å². The van der Waals surface area contributed by atoms with Crippen LogP contribution in [-0.4, -0.2) is 36.8 Å². The largest absolute Gasteiger partial charge is 0.415 e. The van der Waals surface area contributed by atoms with E-state index in [1.54, 1.807) is 47.4 Å². The maximum atomic E-state index is 13.5. The number of nitrogens with zero attached hydrogens (tertiary/aromatic N) is 2. The molecule has 1 aliphatic rings. The average molecular weight is 593 g/mol. The van der Waals surface area contributed by atoms with Gasteiger partial charge in [-0.05, 0) is 60.6 Å². The summed E-state index contributed by atoms with van der Waals surface area (Å²) in [5, 5.41) is 5.40. The standard InChI is InChI=1S/C31H36N4O4S2/c1-2-29(40)34-30(32)25-12-8-11-23(19-25)21-35(20-22-9-4-3-5-10-22)31(36)39-26-17-15-24(16-18-26)27-13-6-7-14-28(27)41(33,37)38/h6-8,11-19,22H,2-5,9-10,20-21H2,1H3,(H2,32,34,40)(H2,33,37,38). The van der Waals surface area contributed by atoms with Crippen LogP contribution >= 0.6 is 12.2 Å². The van der Waals surface area contributed by atoms with E-state index in [2.05, 4.69) is 4.99 Å². The Kier molecular flexibility index (Phi) is 10.3. The van der Waals surface area contributed by atoms with E-state index in [0.717, 1.165) is 36.8 Å². The SMILES string of the molecule is CCC(=S)N=C(N)c1cccc(CN(CC2CCCCC2)C(=O)Oc2ccc(-c3ccccc3S(N)(=O)=O)cc2)c1. The van der Waals surface area contributed by atoms with E-state index in [1.807, 2.05) is 31.2 Å². The molecule has 8 nitrogen and oxygen atoms in total. The maximum absolute atomic E-state index is 13.5. The molecule has 4 N–H and O–H groups in total. The summed E-state index contributed by atoms with van der Waals surface area (Å²) >= 11 is 5.21. The molecular weight excluding hydrogens is 556 g/mol. The minimum absolute atomic E-state index is 0.0350. The highest BCUT2D eigenvalue weighted by molar-refractivity contribution is 7.89. The number of rotatable bonds is 9. The van der Waals surface area contributed by atoms with E-state index in [0.29, 0.717) is 53.1 Å². The van der Waals surface area contributed by atoms with Crippen LogP contribution in [0.15, 0.2) is 82.7 Å². The van der Waals surface area contributed by atoms with Crippen LogP contribution < -0.4 is 15.6 Å². The molecule has 3 aromatic rings. The van der Waals surface area contributed by atoms with Crippen molar-refractivity contribution in [2.75, 3.05) is 6.54 Å². The monoisotopic (exact) mass is 592 g/mol. The smallest absolute Gasteiger partial charge is 0.410 e. The van der Waals surface area contributed by atoms with Crippen molar-refractivity contribution in [3.8, 4) is 16.9 Å². The Morgan fingerprint density at radius 1 is 1.02 bits per heavy atom. The highest BCUT2D eigenvalue weighted by Gasteiger charge is 2.23. The molecule has 41 heavy (non-hydrogen) atoms. The first-order valence-electron chi connectivity index (χ1n) is 13.8. The number of aliphatic imine (C=N–C) groups is 1. The number of nitrogens with two attached hydrogens (primary N) is 2. The lowest BCUT2D eigenvalue weighted by molar-refractivity contribution is 0.134. The van der Waals surface area contributed by atoms with Crippen LogP contribution in [0.5, 0.6) is 5.75 Å². The topological polar surface area (TPSA) is 128 Å². The van der Waals surface area contributed by atoms with Gasteiger partial charge < -0.3 is 15.4 Å². The molecule has 0 spiro atoms. The van der Waals surface area contributed by atoms with Gasteiger partial charge in [-0.15, -0.1) is 0 Å². The minimum atomic E-state index is -3.90. The first kappa shape index (κ1) is 30.4. The number of ether oxygens (including phenoxy) is 1. The van der Waals surface area contributed by atoms with Crippen LogP contribution in [0.25, 0.3) is 11.1 Å². The molecular formula is C31H36N4O4S2. The summed E-state index contributed by atoms with van der Waals surface area (Å²) in [6, 6.07) is 20.9. The van der Waals surface area contributed by atoms with Gasteiger partial charge in [0, 0.05) is 24.2 Å². The number of amidine groups is 1. The number of thiocarbonyl (C=S) groups is 1. The van der Waals surface area contributed by atoms with Gasteiger partial charge >= 0.3 is 6.09 Å². The minimum Gasteiger partial charge on any atom is -0.410 e. The second kappa shape index (κ2) is 13.8. The fourth-order valence-electron chi connectivity index (χ4n) is 5.03. The lowest BCUT2D eigenvalue weighted by Gasteiger charge is -2.29. The van der Waals surface area contributed by atoms with E-state index in [-0.39, 0.29) is 4.90 Å². The van der Waals surface area contributed by atoms with Gasteiger partial charge in [-0.2, -0.15) is 0 Å². The van der Waals surface area contributed by atoms with Gasteiger partial charge in [0.05, 0.1) is 4.90 Å². The van der Waals surface area contributed by atoms with E-state index in [9.17, 15) is 13.2 Å².